The van der Waals surface area contributed by atoms with Crippen molar-refractivity contribution in [3.63, 3.8) is 0 Å². The van der Waals surface area contributed by atoms with Gasteiger partial charge in [0.2, 0.25) is 0 Å². The molecule has 2 fully saturated rings. The predicted molar refractivity (Wildman–Crippen MR) is 99.2 cm³/mol. The van der Waals surface area contributed by atoms with Gasteiger partial charge in [-0.1, -0.05) is 54.9 Å². The van der Waals surface area contributed by atoms with Crippen LogP contribution in [0.2, 0.25) is 0 Å². The van der Waals surface area contributed by atoms with E-state index < -0.39 is 5.60 Å². The predicted octanol–water partition coefficient (Wildman–Crippen LogP) is 5.88. The van der Waals surface area contributed by atoms with Crippen LogP contribution in [0, 0.1) is 22.7 Å². The van der Waals surface area contributed by atoms with Crippen LogP contribution < -0.4 is 0 Å². The number of hydrogen-bond donors (Lipinski definition) is 1. The average molecular weight is 369 g/mol. The highest BCUT2D eigenvalue weighted by Crippen LogP contribution is 2.63. The summed E-state index contributed by atoms with van der Waals surface area (Å²) in [6, 6.07) is 0. The molecule has 2 saturated carbocycles. The summed E-state index contributed by atoms with van der Waals surface area (Å²) in [6.07, 6.45) is 8.38. The van der Waals surface area contributed by atoms with Crippen LogP contribution in [0.1, 0.15) is 66.2 Å². The molecule has 0 spiro atoms. The van der Waals surface area contributed by atoms with Gasteiger partial charge in [-0.3, -0.25) is 0 Å². The topological polar surface area (TPSA) is 20.2 Å². The summed E-state index contributed by atoms with van der Waals surface area (Å²) in [7, 11) is 0. The first-order chi connectivity index (χ1) is 10.0. The number of alkyl halides is 1. The largest absolute Gasteiger partial charge is 0.386 e. The maximum Gasteiger partial charge on any atom is 0.0797 e. The summed E-state index contributed by atoms with van der Waals surface area (Å²) >= 11 is 3.94. The lowest BCUT2D eigenvalue weighted by Crippen LogP contribution is -2.53. The molecule has 2 rings (SSSR count). The van der Waals surface area contributed by atoms with Crippen LogP contribution >= 0.6 is 15.9 Å². The summed E-state index contributed by atoms with van der Waals surface area (Å²) in [4.78, 5) is 0.612. The van der Waals surface area contributed by atoms with Gasteiger partial charge in [0.15, 0.2) is 0 Å². The first-order valence-corrected chi connectivity index (χ1v) is 9.64. The van der Waals surface area contributed by atoms with E-state index >= 15 is 0 Å². The fourth-order valence-corrected chi connectivity index (χ4v) is 5.76. The monoisotopic (exact) mass is 368 g/mol. The van der Waals surface area contributed by atoms with Crippen molar-refractivity contribution in [2.24, 2.45) is 22.7 Å². The summed E-state index contributed by atoms with van der Waals surface area (Å²) < 4.78 is 0. The Balaban J connectivity index is 2.25. The van der Waals surface area contributed by atoms with Crippen LogP contribution in [0.25, 0.3) is 0 Å². The van der Waals surface area contributed by atoms with E-state index in [0.29, 0.717) is 21.6 Å². The molecule has 0 amide bonds. The van der Waals surface area contributed by atoms with E-state index in [1.54, 1.807) is 6.08 Å². The molecule has 126 valence electrons. The van der Waals surface area contributed by atoms with E-state index in [-0.39, 0.29) is 0 Å². The minimum atomic E-state index is -0.758. The molecule has 0 radical (unpaired) electrons. The van der Waals surface area contributed by atoms with Gasteiger partial charge >= 0.3 is 0 Å². The Labute approximate surface area is 145 Å². The van der Waals surface area contributed by atoms with E-state index in [9.17, 15) is 5.11 Å². The number of aliphatic hydroxyl groups is 1. The second kappa shape index (κ2) is 6.09. The van der Waals surface area contributed by atoms with E-state index in [1.165, 1.54) is 24.8 Å². The molecule has 2 aliphatic rings. The van der Waals surface area contributed by atoms with Gasteiger partial charge in [-0.15, -0.1) is 6.58 Å². The number of halogens is 1. The third-order valence-corrected chi connectivity index (χ3v) is 8.50. The molecule has 0 aliphatic heterocycles. The number of rotatable bonds is 4. The SMILES string of the molecule is C=CC(C)(O)CC[C@H]1C(=C)CC[C@@H]2C(C)(C)[C@H](Br)CC[C@]21C. The lowest BCUT2D eigenvalue weighted by atomic mass is 9.47. The molecule has 0 aromatic heterocycles. The van der Waals surface area contributed by atoms with Crippen LogP contribution in [-0.2, 0) is 0 Å². The van der Waals surface area contributed by atoms with Crippen molar-refractivity contribution in [2.75, 3.05) is 0 Å². The van der Waals surface area contributed by atoms with Gasteiger partial charge in [-0.2, -0.15) is 0 Å². The van der Waals surface area contributed by atoms with Gasteiger partial charge < -0.3 is 5.11 Å². The van der Waals surface area contributed by atoms with Crippen molar-refractivity contribution in [3.8, 4) is 0 Å². The highest BCUT2D eigenvalue weighted by atomic mass is 79.9. The molecule has 5 atom stereocenters. The molecule has 0 aromatic rings. The lowest BCUT2D eigenvalue weighted by Gasteiger charge is -2.59. The molecule has 0 aromatic carbocycles. The Hall–Kier alpha value is -0.0800. The summed E-state index contributed by atoms with van der Waals surface area (Å²) in [5, 5.41) is 10.3. The van der Waals surface area contributed by atoms with Crippen molar-refractivity contribution in [1.82, 2.24) is 0 Å². The zero-order valence-electron chi connectivity index (χ0n) is 14.8. The smallest absolute Gasteiger partial charge is 0.0797 e. The molecule has 22 heavy (non-hydrogen) atoms. The minimum absolute atomic E-state index is 0.320. The van der Waals surface area contributed by atoms with Gasteiger partial charge in [0, 0.05) is 4.83 Å². The molecule has 1 nitrogen and oxygen atoms in total. The zero-order chi connectivity index (χ0) is 16.8. The molecule has 2 heteroatoms. The van der Waals surface area contributed by atoms with E-state index in [2.05, 4.69) is 49.9 Å². The quantitative estimate of drug-likeness (QED) is 0.485. The van der Waals surface area contributed by atoms with Crippen LogP contribution in [-0.4, -0.2) is 15.5 Å². The maximum atomic E-state index is 10.3. The molecule has 1 N–H and O–H groups in total. The highest BCUT2D eigenvalue weighted by molar-refractivity contribution is 9.09. The lowest BCUT2D eigenvalue weighted by molar-refractivity contribution is -0.0531. The van der Waals surface area contributed by atoms with Gasteiger partial charge in [-0.25, -0.2) is 0 Å². The third kappa shape index (κ3) is 3.11. The number of allylic oxidation sites excluding steroid dienone is 1. The molecule has 1 unspecified atom stereocenters. The van der Waals surface area contributed by atoms with Crippen molar-refractivity contribution >= 4 is 15.9 Å². The van der Waals surface area contributed by atoms with Crippen molar-refractivity contribution < 1.29 is 5.11 Å². The minimum Gasteiger partial charge on any atom is -0.386 e. The third-order valence-electron chi connectivity index (χ3n) is 6.86. The maximum absolute atomic E-state index is 10.3. The average Bonchev–Trinajstić information content (AvgIpc) is 2.42. The highest BCUT2D eigenvalue weighted by Gasteiger charge is 2.55. The van der Waals surface area contributed by atoms with Crippen molar-refractivity contribution in [1.29, 1.82) is 0 Å². The number of hydrogen-bond acceptors (Lipinski definition) is 1. The molecular formula is C20H33BrO. The van der Waals surface area contributed by atoms with E-state index in [1.807, 2.05) is 6.92 Å². The molecule has 0 saturated heterocycles. The first kappa shape index (κ1) is 18.3. The Morgan fingerprint density at radius 3 is 2.59 bits per heavy atom. The Morgan fingerprint density at radius 2 is 2.00 bits per heavy atom. The van der Waals surface area contributed by atoms with Gasteiger partial charge in [0.05, 0.1) is 5.60 Å². The van der Waals surface area contributed by atoms with Crippen LogP contribution in [0.15, 0.2) is 24.8 Å². The standard InChI is InChI=1S/C20H33BrO/c1-7-19(5,22)12-10-15-14(2)8-9-16-18(3,4)17(21)11-13-20(15,16)6/h7,15-17,22H,1-2,8-13H2,3-6H3/t15-,16+,17+,19?,20-/m0/s1. The first-order valence-electron chi connectivity index (χ1n) is 8.72. The molecule has 2 aliphatic carbocycles. The normalized spacial score (nSPS) is 40.6. The van der Waals surface area contributed by atoms with Crippen molar-refractivity contribution in [3.05, 3.63) is 24.8 Å². The zero-order valence-corrected chi connectivity index (χ0v) is 16.4. The Kier molecular flexibility index (Phi) is 5.06. The molecule has 0 heterocycles. The van der Waals surface area contributed by atoms with Crippen LogP contribution in [0.5, 0.6) is 0 Å². The molecule has 0 bridgehead atoms. The summed E-state index contributed by atoms with van der Waals surface area (Å²) in [5.74, 6) is 1.25. The Bertz CT molecular complexity index is 451. The van der Waals surface area contributed by atoms with Crippen LogP contribution in [0.3, 0.4) is 0 Å². The van der Waals surface area contributed by atoms with E-state index in [0.717, 1.165) is 25.2 Å². The molecular weight excluding hydrogens is 336 g/mol. The second-order valence-electron chi connectivity index (χ2n) is 8.74. The second-order valence-corrected chi connectivity index (χ2v) is 9.84. The summed E-state index contributed by atoms with van der Waals surface area (Å²) in [6.45, 7) is 17.4. The fraction of sp³-hybridized carbons (Fsp3) is 0.800. The summed E-state index contributed by atoms with van der Waals surface area (Å²) in [5.41, 5.74) is 1.29. The fourth-order valence-electron chi connectivity index (χ4n) is 5.21. The van der Waals surface area contributed by atoms with Gasteiger partial charge in [0.1, 0.15) is 0 Å². The van der Waals surface area contributed by atoms with Crippen molar-refractivity contribution in [2.45, 2.75) is 76.6 Å². The number of fused-ring (bicyclic) bond motifs is 1. The van der Waals surface area contributed by atoms with Crippen LogP contribution in [0.4, 0.5) is 0 Å². The van der Waals surface area contributed by atoms with Gasteiger partial charge in [0.25, 0.3) is 0 Å². The Morgan fingerprint density at radius 1 is 1.36 bits per heavy atom. The van der Waals surface area contributed by atoms with Gasteiger partial charge in [-0.05, 0) is 68.1 Å². The van der Waals surface area contributed by atoms with E-state index in [4.69, 9.17) is 0 Å².